The Labute approximate surface area is 193 Å². The third-order valence-electron chi connectivity index (χ3n) is 4.46. The number of halogens is 1. The molecule has 0 heterocycles. The fraction of sp³-hybridized carbons (Fsp3) is 0.125. The lowest BCUT2D eigenvalue weighted by Crippen LogP contribution is -2.17. The molecule has 0 aliphatic carbocycles. The second-order valence-corrected chi connectivity index (χ2v) is 7.71. The second kappa shape index (κ2) is 11.2. The molecular weight excluding hydrogens is 476 g/mol. The molecule has 0 saturated heterocycles. The maximum atomic E-state index is 12.3. The largest absolute Gasteiger partial charge is 0.854 e. The van der Waals surface area contributed by atoms with E-state index in [0.717, 1.165) is 10.0 Å². The summed E-state index contributed by atoms with van der Waals surface area (Å²) in [7, 11) is 0. The monoisotopic (exact) mass is 495 g/mol. The van der Waals surface area contributed by atoms with Gasteiger partial charge in [0.2, 0.25) is 0 Å². The summed E-state index contributed by atoms with van der Waals surface area (Å²) in [6.45, 7) is -0.109. The van der Waals surface area contributed by atoms with Gasteiger partial charge in [-0.15, -0.1) is 6.61 Å². The van der Waals surface area contributed by atoms with Crippen LogP contribution in [0.3, 0.4) is 0 Å². The van der Waals surface area contributed by atoms with Gasteiger partial charge in [0.25, 0.3) is 5.91 Å². The zero-order chi connectivity index (χ0) is 22.9. The van der Waals surface area contributed by atoms with Gasteiger partial charge in [-0.25, -0.2) is 5.43 Å². The van der Waals surface area contributed by atoms with Gasteiger partial charge in [0.05, 0.1) is 6.21 Å². The van der Waals surface area contributed by atoms with Gasteiger partial charge in [-0.3, -0.25) is 9.59 Å². The summed E-state index contributed by atoms with van der Waals surface area (Å²) in [4.78, 5) is 24.1. The molecule has 0 spiro atoms. The smallest absolute Gasteiger partial charge is 0.271 e. The van der Waals surface area contributed by atoms with Crippen LogP contribution in [0.25, 0.3) is 0 Å². The summed E-state index contributed by atoms with van der Waals surface area (Å²) in [5.74, 6) is -0.248. The Hall–Kier alpha value is -3.49. The Morgan fingerprint density at radius 2 is 1.81 bits per heavy atom. The molecular formula is C24H20BrN2O5-. The van der Waals surface area contributed by atoms with E-state index in [-0.39, 0.29) is 23.5 Å². The van der Waals surface area contributed by atoms with Crippen LogP contribution in [0.4, 0.5) is 0 Å². The van der Waals surface area contributed by atoms with Gasteiger partial charge >= 0.3 is 0 Å². The van der Waals surface area contributed by atoms with Crippen LogP contribution in [0.15, 0.2) is 76.3 Å². The number of benzene rings is 3. The molecule has 0 atom stereocenters. The number of rotatable bonds is 9. The summed E-state index contributed by atoms with van der Waals surface area (Å²) in [5.41, 5.74) is 4.30. The molecule has 0 saturated carbocycles. The normalized spacial score (nSPS) is 10.8. The summed E-state index contributed by atoms with van der Waals surface area (Å²) in [6.07, 6.45) is 1.11. The Morgan fingerprint density at radius 3 is 2.53 bits per heavy atom. The van der Waals surface area contributed by atoms with Crippen LogP contribution < -0.4 is 15.3 Å². The second-order valence-electron chi connectivity index (χ2n) is 6.79. The van der Waals surface area contributed by atoms with Crippen molar-refractivity contribution in [2.75, 3.05) is 6.61 Å². The number of ketones is 1. The third-order valence-corrected chi connectivity index (χ3v) is 4.95. The van der Waals surface area contributed by atoms with Crippen molar-refractivity contribution in [3.8, 4) is 11.5 Å². The van der Waals surface area contributed by atoms with Crippen molar-refractivity contribution >= 4 is 33.8 Å². The van der Waals surface area contributed by atoms with Crippen molar-refractivity contribution < 1.29 is 24.5 Å². The van der Waals surface area contributed by atoms with E-state index >= 15 is 0 Å². The molecule has 3 rings (SSSR count). The minimum absolute atomic E-state index is 0.103. The van der Waals surface area contributed by atoms with Crippen molar-refractivity contribution in [2.45, 2.75) is 13.0 Å². The van der Waals surface area contributed by atoms with Crippen LogP contribution in [0.5, 0.6) is 11.5 Å². The molecule has 0 aromatic heterocycles. The maximum absolute atomic E-state index is 12.3. The third kappa shape index (κ3) is 6.50. The molecule has 8 heteroatoms. The van der Waals surface area contributed by atoms with Gasteiger partial charge in [-0.1, -0.05) is 28.1 Å². The molecule has 3 aromatic carbocycles. The van der Waals surface area contributed by atoms with E-state index in [1.54, 1.807) is 24.3 Å². The molecule has 0 aliphatic heterocycles. The van der Waals surface area contributed by atoms with Crippen LogP contribution in [0.1, 0.15) is 38.3 Å². The lowest BCUT2D eigenvalue weighted by Gasteiger charge is -2.07. The van der Waals surface area contributed by atoms with Crippen molar-refractivity contribution in [3.05, 3.63) is 93.5 Å². The lowest BCUT2D eigenvalue weighted by atomic mass is 10.1. The number of carbonyl (C=O) groups excluding carboxylic acids is 2. The molecule has 0 bridgehead atoms. The minimum atomic E-state index is -0.507. The van der Waals surface area contributed by atoms with Crippen LogP contribution in [-0.2, 0) is 6.61 Å². The van der Waals surface area contributed by atoms with Gasteiger partial charge in [-0.2, -0.15) is 5.10 Å². The van der Waals surface area contributed by atoms with Crippen molar-refractivity contribution in [1.82, 2.24) is 5.43 Å². The zero-order valence-corrected chi connectivity index (χ0v) is 18.5. The number of ether oxygens (including phenoxy) is 1. The van der Waals surface area contributed by atoms with Crippen LogP contribution in [0, 0.1) is 0 Å². The number of hydrazone groups is 1. The molecule has 3 aromatic rings. The van der Waals surface area contributed by atoms with Gasteiger partial charge < -0.3 is 14.9 Å². The number of Topliss-reactive ketones (excluding diaryl/α,β-unsaturated/α-hetero) is 1. The van der Waals surface area contributed by atoms with Crippen LogP contribution in [0.2, 0.25) is 0 Å². The number of phenols is 1. The number of phenolic OH excluding ortho intramolecular Hbond substituents is 1. The standard InChI is InChI=1S/C24H20BrN2O5/c25-20-3-1-2-16(12-20)15-32-21-7-4-17(5-8-21)24(31)27-26-14-19-13-18(6-9-22(19)29)23(30)10-11-28/h1-9,12-14,29H,10-11,15H2,(H,27,31)/q-1/b26-14+. The molecule has 32 heavy (non-hydrogen) atoms. The molecule has 0 unspecified atom stereocenters. The predicted octanol–water partition coefficient (Wildman–Crippen LogP) is 3.43. The first-order valence-electron chi connectivity index (χ1n) is 9.71. The number of nitrogens with zero attached hydrogens (tertiary/aromatic N) is 1. The quantitative estimate of drug-likeness (QED) is 0.268. The predicted molar refractivity (Wildman–Crippen MR) is 122 cm³/mol. The molecule has 0 radical (unpaired) electrons. The highest BCUT2D eigenvalue weighted by Gasteiger charge is 2.08. The first kappa shape index (κ1) is 23.2. The fourth-order valence-electron chi connectivity index (χ4n) is 2.79. The number of nitrogens with one attached hydrogen (secondary N) is 1. The Balaban J connectivity index is 1.57. The average Bonchev–Trinajstić information content (AvgIpc) is 2.79. The minimum Gasteiger partial charge on any atom is -0.854 e. The topological polar surface area (TPSA) is 111 Å². The number of amides is 1. The summed E-state index contributed by atoms with van der Waals surface area (Å²) in [5, 5.41) is 24.4. The van der Waals surface area contributed by atoms with E-state index in [1.165, 1.54) is 24.4 Å². The number of hydrogen-bond donors (Lipinski definition) is 2. The Morgan fingerprint density at radius 1 is 1.06 bits per heavy atom. The summed E-state index contributed by atoms with van der Waals surface area (Å²) in [6, 6.07) is 18.6. The molecule has 0 fully saturated rings. The van der Waals surface area contributed by atoms with E-state index in [2.05, 4.69) is 26.5 Å². The number of carbonyl (C=O) groups is 2. The number of aromatic hydroxyl groups is 1. The molecule has 7 nitrogen and oxygen atoms in total. The highest BCUT2D eigenvalue weighted by Crippen LogP contribution is 2.18. The van der Waals surface area contributed by atoms with Crippen LogP contribution >= 0.6 is 15.9 Å². The maximum Gasteiger partial charge on any atom is 0.271 e. The van der Waals surface area contributed by atoms with E-state index in [0.29, 0.717) is 23.5 Å². The molecule has 164 valence electrons. The number of hydrogen-bond acceptors (Lipinski definition) is 6. The molecule has 0 aliphatic rings. The van der Waals surface area contributed by atoms with Gasteiger partial charge in [0.15, 0.2) is 5.78 Å². The van der Waals surface area contributed by atoms with E-state index in [1.807, 2.05) is 24.3 Å². The summed E-state index contributed by atoms with van der Waals surface area (Å²) >= 11 is 3.42. The first-order valence-corrected chi connectivity index (χ1v) is 10.5. The van der Waals surface area contributed by atoms with Gasteiger partial charge in [0.1, 0.15) is 18.1 Å². The SMILES string of the molecule is O=C(CC[O-])c1ccc(O)c(/C=N/NC(=O)c2ccc(OCc3cccc(Br)c3)cc2)c1. The fourth-order valence-corrected chi connectivity index (χ4v) is 3.24. The first-order chi connectivity index (χ1) is 15.5. The van der Waals surface area contributed by atoms with E-state index in [4.69, 9.17) is 4.74 Å². The lowest BCUT2D eigenvalue weighted by molar-refractivity contribution is -0.365. The van der Waals surface area contributed by atoms with Crippen molar-refractivity contribution in [2.24, 2.45) is 5.10 Å². The van der Waals surface area contributed by atoms with Gasteiger partial charge in [-0.05, 0) is 66.6 Å². The van der Waals surface area contributed by atoms with Crippen molar-refractivity contribution in [1.29, 1.82) is 0 Å². The van der Waals surface area contributed by atoms with Gasteiger partial charge in [0, 0.05) is 21.2 Å². The van der Waals surface area contributed by atoms with E-state index in [9.17, 15) is 19.8 Å². The summed E-state index contributed by atoms with van der Waals surface area (Å²) < 4.78 is 6.70. The Bertz CT molecular complexity index is 1130. The van der Waals surface area contributed by atoms with Crippen molar-refractivity contribution in [3.63, 3.8) is 0 Å². The van der Waals surface area contributed by atoms with Crippen LogP contribution in [-0.4, -0.2) is 29.6 Å². The zero-order valence-electron chi connectivity index (χ0n) is 17.0. The van der Waals surface area contributed by atoms with E-state index < -0.39 is 12.5 Å². The average molecular weight is 496 g/mol. The Kier molecular flexibility index (Phi) is 8.13. The highest BCUT2D eigenvalue weighted by atomic mass is 79.9. The molecule has 1 amide bonds. The molecule has 2 N–H and O–H groups in total. The highest BCUT2D eigenvalue weighted by molar-refractivity contribution is 9.10.